The standard InChI is InChI=1S/C17H20N8O10S2/c1-17(2,15(29)30)35-22-9(7-5-36-16(18)19-7)12(26)20-10-8(4-24-3-6(14(27)28)21-23-24)25(37(31,32)33)13-11(10)34-13/h3,5,8,10-11,13H,4H2,1-2H3,(H2,18,19)(H,20,26)(H,27,28)(H,29,30)(H,31,32,33)/b22-9-/t8-,10+,11?,13?/m1/s1. The van der Waals surface area contributed by atoms with Gasteiger partial charge in [0, 0.05) is 5.38 Å². The third kappa shape index (κ3) is 5.36. The van der Waals surface area contributed by atoms with Crippen molar-refractivity contribution < 1.29 is 47.1 Å². The number of amides is 1. The van der Waals surface area contributed by atoms with Crippen molar-refractivity contribution in [1.29, 1.82) is 0 Å². The summed E-state index contributed by atoms with van der Waals surface area (Å²) in [5.74, 6) is -3.68. The van der Waals surface area contributed by atoms with Crippen LogP contribution >= 0.6 is 11.3 Å². The maximum atomic E-state index is 13.3. The number of nitrogens with zero attached hydrogens (tertiary/aromatic N) is 6. The Bertz CT molecular complexity index is 1390. The van der Waals surface area contributed by atoms with Crippen LogP contribution in [0.15, 0.2) is 16.7 Å². The van der Waals surface area contributed by atoms with Crippen molar-refractivity contribution in [3.05, 3.63) is 23.0 Å². The molecule has 0 radical (unpaired) electrons. The smallest absolute Gasteiger partial charge is 0.358 e. The molecule has 0 saturated carbocycles. The summed E-state index contributed by atoms with van der Waals surface area (Å²) >= 11 is 0.974. The number of rotatable bonds is 10. The Balaban J connectivity index is 1.63. The van der Waals surface area contributed by atoms with E-state index in [9.17, 15) is 32.5 Å². The molecule has 2 unspecified atom stereocenters. The van der Waals surface area contributed by atoms with Crippen LogP contribution in [0.5, 0.6) is 0 Å². The van der Waals surface area contributed by atoms with Gasteiger partial charge in [0.1, 0.15) is 11.8 Å². The molecule has 2 aromatic heterocycles. The number of thiazole rings is 1. The number of aromatic nitrogens is 4. The third-order valence-electron chi connectivity index (χ3n) is 5.40. The van der Waals surface area contributed by atoms with Crippen LogP contribution in [0.2, 0.25) is 0 Å². The number of carbonyl (C=O) groups is 3. The zero-order valence-electron chi connectivity index (χ0n) is 18.9. The van der Waals surface area contributed by atoms with Gasteiger partial charge in [0.15, 0.2) is 22.8 Å². The van der Waals surface area contributed by atoms with Crippen LogP contribution in [0, 0.1) is 0 Å². The van der Waals surface area contributed by atoms with Crippen molar-refractivity contribution in [3.63, 3.8) is 0 Å². The molecule has 6 N–H and O–H groups in total. The molecule has 2 aliphatic rings. The molecule has 0 aliphatic carbocycles. The number of ether oxygens (including phenoxy) is 1. The number of fused-ring (bicyclic) bond motifs is 1. The number of nitrogen functional groups attached to an aromatic ring is 1. The van der Waals surface area contributed by atoms with E-state index in [1.165, 1.54) is 19.2 Å². The molecule has 4 rings (SSSR count). The predicted molar refractivity (Wildman–Crippen MR) is 121 cm³/mol. The maximum absolute atomic E-state index is 13.3. The molecule has 37 heavy (non-hydrogen) atoms. The number of nitrogens with one attached hydrogen (secondary N) is 1. The van der Waals surface area contributed by atoms with Gasteiger partial charge in [0.25, 0.3) is 5.91 Å². The van der Waals surface area contributed by atoms with Crippen molar-refractivity contribution in [3.8, 4) is 0 Å². The molecule has 0 aromatic carbocycles. The van der Waals surface area contributed by atoms with E-state index in [4.69, 9.17) is 20.4 Å². The summed E-state index contributed by atoms with van der Waals surface area (Å²) < 4.78 is 40.9. The summed E-state index contributed by atoms with van der Waals surface area (Å²) in [6.07, 6.45) is -0.942. The Morgan fingerprint density at radius 3 is 2.57 bits per heavy atom. The van der Waals surface area contributed by atoms with Gasteiger partial charge in [-0.1, -0.05) is 10.4 Å². The Morgan fingerprint density at radius 1 is 1.32 bits per heavy atom. The molecule has 18 nitrogen and oxygen atoms in total. The van der Waals surface area contributed by atoms with Crippen LogP contribution in [0.1, 0.15) is 30.0 Å². The molecule has 200 valence electrons. The second-order valence-electron chi connectivity index (χ2n) is 8.41. The zero-order valence-corrected chi connectivity index (χ0v) is 20.6. The molecule has 20 heteroatoms. The second-order valence-corrected chi connectivity index (χ2v) is 10.6. The molecule has 0 spiro atoms. The number of carboxylic acids is 2. The van der Waals surface area contributed by atoms with Crippen molar-refractivity contribution in [1.82, 2.24) is 29.6 Å². The molecule has 1 amide bonds. The van der Waals surface area contributed by atoms with Crippen LogP contribution in [0.4, 0.5) is 5.13 Å². The van der Waals surface area contributed by atoms with Crippen LogP contribution in [-0.2, 0) is 36.0 Å². The topological polar surface area (TPSA) is 265 Å². The van der Waals surface area contributed by atoms with Crippen LogP contribution in [-0.4, -0.2) is 101 Å². The van der Waals surface area contributed by atoms with Gasteiger partial charge in [-0.2, -0.15) is 8.42 Å². The van der Waals surface area contributed by atoms with Crippen LogP contribution in [0.3, 0.4) is 0 Å². The van der Waals surface area contributed by atoms with Gasteiger partial charge >= 0.3 is 22.2 Å². The number of nitrogens with two attached hydrogens (primary N) is 1. The van der Waals surface area contributed by atoms with Crippen molar-refractivity contribution in [2.24, 2.45) is 5.16 Å². The van der Waals surface area contributed by atoms with Crippen molar-refractivity contribution >= 4 is 50.3 Å². The molecule has 0 bridgehead atoms. The highest BCUT2D eigenvalue weighted by Gasteiger charge is 2.65. The lowest BCUT2D eigenvalue weighted by molar-refractivity contribution is -0.161. The fraction of sp³-hybridized carbons (Fsp3) is 0.471. The number of anilines is 1. The molecule has 2 aliphatic heterocycles. The van der Waals surface area contributed by atoms with E-state index < -0.39 is 69.6 Å². The van der Waals surface area contributed by atoms with Gasteiger partial charge in [0.2, 0.25) is 5.60 Å². The molecular weight excluding hydrogens is 540 g/mol. The first-order valence-corrected chi connectivity index (χ1v) is 12.5. The van der Waals surface area contributed by atoms with Gasteiger partial charge in [-0.05, 0) is 13.8 Å². The monoisotopic (exact) mass is 560 g/mol. The van der Waals surface area contributed by atoms with Crippen LogP contribution < -0.4 is 11.1 Å². The summed E-state index contributed by atoms with van der Waals surface area (Å²) in [5.41, 5.74) is 2.91. The minimum absolute atomic E-state index is 0.0435. The van der Waals surface area contributed by atoms with Gasteiger partial charge in [-0.25, -0.2) is 19.3 Å². The maximum Gasteiger partial charge on any atom is 0.358 e. The highest BCUT2D eigenvalue weighted by atomic mass is 32.2. The molecule has 2 fully saturated rings. The molecular formula is C17H20N8O10S2. The summed E-state index contributed by atoms with van der Waals surface area (Å²) in [4.78, 5) is 44.8. The van der Waals surface area contributed by atoms with Crippen LogP contribution in [0.25, 0.3) is 0 Å². The number of aromatic carboxylic acids is 1. The van der Waals surface area contributed by atoms with Crippen molar-refractivity contribution in [2.75, 3.05) is 5.73 Å². The number of oxime groups is 1. The highest BCUT2D eigenvalue weighted by molar-refractivity contribution is 7.83. The van der Waals surface area contributed by atoms with E-state index in [2.05, 4.69) is 25.8 Å². The van der Waals surface area contributed by atoms with Gasteiger partial charge in [-0.15, -0.1) is 20.7 Å². The summed E-state index contributed by atoms with van der Waals surface area (Å²) in [7, 11) is -4.83. The molecule has 2 saturated heterocycles. The average molecular weight is 561 g/mol. The number of carboxylic acid groups (broad SMARTS) is 2. The fourth-order valence-electron chi connectivity index (χ4n) is 3.52. The number of carbonyl (C=O) groups excluding carboxylic acids is 1. The van der Waals surface area contributed by atoms with E-state index in [-0.39, 0.29) is 17.4 Å². The summed E-state index contributed by atoms with van der Waals surface area (Å²) in [6, 6.07) is -2.28. The second kappa shape index (κ2) is 9.30. The minimum atomic E-state index is -4.83. The highest BCUT2D eigenvalue weighted by Crippen LogP contribution is 2.42. The van der Waals surface area contributed by atoms with Gasteiger partial charge < -0.3 is 30.8 Å². The first-order valence-electron chi connectivity index (χ1n) is 10.3. The van der Waals surface area contributed by atoms with Crippen molar-refractivity contribution in [2.45, 2.75) is 50.4 Å². The predicted octanol–water partition coefficient (Wildman–Crippen LogP) is -2.00. The number of aliphatic carboxylic acids is 1. The molecule has 2 aromatic rings. The SMILES string of the molecule is CC(C)(O/N=C(\C(=O)N[C@@H]1C2OC2N(S(=O)(=O)O)[C@@H]1Cn1cc(C(=O)O)nn1)c1csc(N)n1)C(=O)O. The first-order chi connectivity index (χ1) is 17.2. The molecule has 4 heterocycles. The van der Waals surface area contributed by atoms with E-state index >= 15 is 0 Å². The minimum Gasteiger partial charge on any atom is -0.478 e. The lowest BCUT2D eigenvalue weighted by atomic mass is 10.1. The third-order valence-corrected chi connectivity index (χ3v) is 7.09. The van der Waals surface area contributed by atoms with Gasteiger partial charge in [0.05, 0.1) is 24.8 Å². The normalized spacial score (nSPS) is 23.9. The van der Waals surface area contributed by atoms with E-state index in [1.807, 2.05) is 0 Å². The largest absolute Gasteiger partial charge is 0.478 e. The molecule has 4 atom stereocenters. The van der Waals surface area contributed by atoms with Gasteiger partial charge in [-0.3, -0.25) is 9.35 Å². The Labute approximate surface area is 211 Å². The quantitative estimate of drug-likeness (QED) is 0.0910. The first kappa shape index (κ1) is 26.3. The Kier molecular flexibility index (Phi) is 6.62. The Morgan fingerprint density at radius 2 is 2.03 bits per heavy atom. The average Bonchev–Trinajstić information content (AvgIpc) is 3.08. The lowest BCUT2D eigenvalue weighted by Gasteiger charge is -2.28. The lowest BCUT2D eigenvalue weighted by Crippen LogP contribution is -2.54. The summed E-state index contributed by atoms with van der Waals surface area (Å²) in [6.45, 7) is 2.08. The number of epoxide rings is 1. The van der Waals surface area contributed by atoms with E-state index in [0.717, 1.165) is 22.2 Å². The Hall–Kier alpha value is -3.72. The zero-order chi connectivity index (χ0) is 27.3. The fourth-order valence-corrected chi connectivity index (χ4v) is 5.04. The number of hydrogen-bond acceptors (Lipinski definition) is 13. The number of hydrogen-bond donors (Lipinski definition) is 5. The van der Waals surface area contributed by atoms with E-state index in [0.29, 0.717) is 4.31 Å². The summed E-state index contributed by atoms with van der Waals surface area (Å²) in [5, 5.41) is 33.1. The van der Waals surface area contributed by atoms with E-state index in [1.54, 1.807) is 0 Å².